The number of hydrogen-bond acceptors (Lipinski definition) is 4. The largest absolute Gasteiger partial charge is 0.504 e. The van der Waals surface area contributed by atoms with E-state index in [0.717, 1.165) is 21.5 Å². The van der Waals surface area contributed by atoms with Crippen LogP contribution in [0.4, 0.5) is 0 Å². The number of fused-ring (bicyclic) bond motifs is 2. The smallest absolute Gasteiger partial charge is 0.158 e. The fourth-order valence-electron chi connectivity index (χ4n) is 2.05. The molecule has 0 spiro atoms. The molecule has 3 aromatic rings. The second-order valence-electron chi connectivity index (χ2n) is 4.23. The molecule has 4 N–H and O–H groups in total. The standard InChI is InChI=1S/C14H10O4/c15-11-3-7-1-8-4-12(16)14(18)6-10(8)2-9(7)5-13(11)17/h1-6,15-18H. The average molecular weight is 242 g/mol. The number of rotatable bonds is 0. The van der Waals surface area contributed by atoms with Crippen molar-refractivity contribution in [1.82, 2.24) is 0 Å². The van der Waals surface area contributed by atoms with Crippen molar-refractivity contribution in [2.24, 2.45) is 0 Å². The summed E-state index contributed by atoms with van der Waals surface area (Å²) >= 11 is 0. The molecule has 18 heavy (non-hydrogen) atoms. The van der Waals surface area contributed by atoms with Gasteiger partial charge in [-0.05, 0) is 57.9 Å². The van der Waals surface area contributed by atoms with Crippen LogP contribution in [0.3, 0.4) is 0 Å². The molecule has 3 rings (SSSR count). The van der Waals surface area contributed by atoms with Crippen LogP contribution in [0.15, 0.2) is 36.4 Å². The van der Waals surface area contributed by atoms with Crippen molar-refractivity contribution in [2.75, 3.05) is 0 Å². The van der Waals surface area contributed by atoms with Crippen molar-refractivity contribution in [3.8, 4) is 23.0 Å². The van der Waals surface area contributed by atoms with Gasteiger partial charge in [0.2, 0.25) is 0 Å². The molecule has 0 aliphatic heterocycles. The maximum atomic E-state index is 9.45. The molecule has 0 atom stereocenters. The molecule has 0 unspecified atom stereocenters. The molecule has 3 aromatic carbocycles. The van der Waals surface area contributed by atoms with Crippen LogP contribution in [0.25, 0.3) is 21.5 Å². The number of phenols is 4. The number of aromatic hydroxyl groups is 4. The fraction of sp³-hybridized carbons (Fsp3) is 0. The van der Waals surface area contributed by atoms with E-state index in [2.05, 4.69) is 0 Å². The Balaban J connectivity index is 2.43. The molecule has 0 aliphatic carbocycles. The van der Waals surface area contributed by atoms with Crippen LogP contribution in [-0.4, -0.2) is 20.4 Å². The third-order valence-corrected chi connectivity index (χ3v) is 2.98. The first kappa shape index (κ1) is 10.5. The molecule has 0 heterocycles. The highest BCUT2D eigenvalue weighted by Crippen LogP contribution is 2.36. The van der Waals surface area contributed by atoms with Gasteiger partial charge >= 0.3 is 0 Å². The van der Waals surface area contributed by atoms with Gasteiger partial charge in [-0.15, -0.1) is 0 Å². The van der Waals surface area contributed by atoms with E-state index in [1.807, 2.05) is 0 Å². The zero-order valence-corrected chi connectivity index (χ0v) is 9.25. The summed E-state index contributed by atoms with van der Waals surface area (Å²) in [4.78, 5) is 0. The van der Waals surface area contributed by atoms with Gasteiger partial charge in [0.25, 0.3) is 0 Å². The lowest BCUT2D eigenvalue weighted by atomic mass is 10.0. The molecular weight excluding hydrogens is 232 g/mol. The quantitative estimate of drug-likeness (QED) is 0.361. The van der Waals surface area contributed by atoms with Crippen molar-refractivity contribution < 1.29 is 20.4 Å². The first-order valence-corrected chi connectivity index (χ1v) is 5.36. The van der Waals surface area contributed by atoms with E-state index in [-0.39, 0.29) is 23.0 Å². The van der Waals surface area contributed by atoms with Gasteiger partial charge in [0.05, 0.1) is 0 Å². The van der Waals surface area contributed by atoms with Crippen molar-refractivity contribution in [3.63, 3.8) is 0 Å². The molecule has 0 bridgehead atoms. The van der Waals surface area contributed by atoms with Crippen molar-refractivity contribution in [2.45, 2.75) is 0 Å². The molecule has 0 radical (unpaired) electrons. The molecule has 0 saturated carbocycles. The Kier molecular flexibility index (Phi) is 2.01. The van der Waals surface area contributed by atoms with Crippen molar-refractivity contribution >= 4 is 21.5 Å². The predicted octanol–water partition coefficient (Wildman–Crippen LogP) is 2.82. The maximum Gasteiger partial charge on any atom is 0.158 e. The highest BCUT2D eigenvalue weighted by atomic mass is 16.3. The van der Waals surface area contributed by atoms with Crippen LogP contribution < -0.4 is 0 Å². The Bertz CT molecular complexity index is 649. The number of hydrogen-bond donors (Lipinski definition) is 4. The van der Waals surface area contributed by atoms with Gasteiger partial charge in [0, 0.05) is 0 Å². The van der Waals surface area contributed by atoms with E-state index in [0.29, 0.717) is 0 Å². The third-order valence-electron chi connectivity index (χ3n) is 2.98. The molecular formula is C14H10O4. The average Bonchev–Trinajstić information content (AvgIpc) is 2.31. The molecule has 4 heteroatoms. The minimum atomic E-state index is -0.190. The van der Waals surface area contributed by atoms with E-state index in [1.165, 1.54) is 24.3 Å². The first-order chi connectivity index (χ1) is 8.54. The van der Waals surface area contributed by atoms with E-state index < -0.39 is 0 Å². The fourth-order valence-corrected chi connectivity index (χ4v) is 2.05. The Hall–Kier alpha value is -2.62. The summed E-state index contributed by atoms with van der Waals surface area (Å²) in [5, 5.41) is 40.7. The van der Waals surface area contributed by atoms with Crippen LogP contribution in [-0.2, 0) is 0 Å². The second kappa shape index (κ2) is 3.43. The summed E-state index contributed by atoms with van der Waals surface area (Å²) in [5.74, 6) is -0.760. The van der Waals surface area contributed by atoms with Gasteiger partial charge in [-0.1, -0.05) is 0 Å². The monoisotopic (exact) mass is 242 g/mol. The van der Waals surface area contributed by atoms with E-state index >= 15 is 0 Å². The molecule has 90 valence electrons. The lowest BCUT2D eigenvalue weighted by molar-refractivity contribution is 0.404. The van der Waals surface area contributed by atoms with E-state index in [9.17, 15) is 20.4 Å². The van der Waals surface area contributed by atoms with Crippen molar-refractivity contribution in [3.05, 3.63) is 36.4 Å². The summed E-state index contributed by atoms with van der Waals surface area (Å²) < 4.78 is 0. The number of benzene rings is 3. The maximum absolute atomic E-state index is 9.45. The Morgan fingerprint density at radius 3 is 0.833 bits per heavy atom. The molecule has 0 aromatic heterocycles. The number of phenolic OH excluding ortho intramolecular Hbond substituents is 4. The predicted molar refractivity (Wildman–Crippen MR) is 68.1 cm³/mol. The summed E-state index contributed by atoms with van der Waals surface area (Å²) in [6.45, 7) is 0. The van der Waals surface area contributed by atoms with Crippen molar-refractivity contribution in [1.29, 1.82) is 0 Å². The van der Waals surface area contributed by atoms with Gasteiger partial charge in [0.15, 0.2) is 23.0 Å². The molecule has 4 nitrogen and oxygen atoms in total. The minimum absolute atomic E-state index is 0.190. The summed E-state index contributed by atoms with van der Waals surface area (Å²) in [6.07, 6.45) is 0. The van der Waals surface area contributed by atoms with E-state index in [4.69, 9.17) is 0 Å². The summed E-state index contributed by atoms with van der Waals surface area (Å²) in [6, 6.07) is 9.34. The SMILES string of the molecule is Oc1cc2cc3cc(O)c(O)cc3cc2cc1O. The van der Waals surface area contributed by atoms with Crippen LogP contribution in [0.5, 0.6) is 23.0 Å². The van der Waals surface area contributed by atoms with Gasteiger partial charge in [-0.25, -0.2) is 0 Å². The lowest BCUT2D eigenvalue weighted by Crippen LogP contribution is -1.78. The van der Waals surface area contributed by atoms with Crippen LogP contribution >= 0.6 is 0 Å². The topological polar surface area (TPSA) is 80.9 Å². The Morgan fingerprint density at radius 1 is 0.389 bits per heavy atom. The highest BCUT2D eigenvalue weighted by Gasteiger charge is 2.06. The zero-order chi connectivity index (χ0) is 12.9. The summed E-state index contributed by atoms with van der Waals surface area (Å²) in [5.41, 5.74) is 0. The van der Waals surface area contributed by atoms with Crippen LogP contribution in [0, 0.1) is 0 Å². The molecule has 0 fully saturated rings. The Labute approximate surface area is 102 Å². The second-order valence-corrected chi connectivity index (χ2v) is 4.23. The zero-order valence-electron chi connectivity index (χ0n) is 9.25. The van der Waals surface area contributed by atoms with Gasteiger partial charge in [0.1, 0.15) is 0 Å². The highest BCUT2D eigenvalue weighted by molar-refractivity contribution is 6.00. The normalized spacial score (nSPS) is 11.1. The van der Waals surface area contributed by atoms with Gasteiger partial charge < -0.3 is 20.4 Å². The third kappa shape index (κ3) is 1.47. The molecule has 0 saturated heterocycles. The first-order valence-electron chi connectivity index (χ1n) is 5.36. The molecule has 0 aliphatic rings. The Morgan fingerprint density at radius 2 is 0.611 bits per heavy atom. The van der Waals surface area contributed by atoms with Gasteiger partial charge in [-0.2, -0.15) is 0 Å². The van der Waals surface area contributed by atoms with Crippen LogP contribution in [0.2, 0.25) is 0 Å². The van der Waals surface area contributed by atoms with Crippen LogP contribution in [0.1, 0.15) is 0 Å². The lowest BCUT2D eigenvalue weighted by Gasteiger charge is -2.06. The minimum Gasteiger partial charge on any atom is -0.504 e. The molecule has 0 amide bonds. The van der Waals surface area contributed by atoms with Gasteiger partial charge in [-0.3, -0.25) is 0 Å². The van der Waals surface area contributed by atoms with E-state index in [1.54, 1.807) is 12.1 Å². The summed E-state index contributed by atoms with van der Waals surface area (Å²) in [7, 11) is 0.